The summed E-state index contributed by atoms with van der Waals surface area (Å²) >= 11 is 12.9. The standard InChI is InChI=1S/C27H26Cl2FN3O4/c1-35-27(34)15-9-22(30)26(31-10-15)33-11-16-7-18(8-17(16)12-33)36-13-19-24(32-37-25(19)14-5-6-14)23-20(28)3-2-4-21(23)29/h2-4,9-10,14,16-18H,5-8,11-13H2,1H3/t16-,17+,18?. The Kier molecular flexibility index (Phi) is 6.59. The van der Waals surface area contributed by atoms with Gasteiger partial charge in [0.2, 0.25) is 0 Å². The second-order valence-corrected chi connectivity index (χ2v) is 10.9. The van der Waals surface area contributed by atoms with Gasteiger partial charge in [0.25, 0.3) is 0 Å². The minimum Gasteiger partial charge on any atom is -0.465 e. The number of aromatic nitrogens is 2. The van der Waals surface area contributed by atoms with Crippen molar-refractivity contribution in [1.82, 2.24) is 10.1 Å². The lowest BCUT2D eigenvalue weighted by atomic mass is 10.0. The van der Waals surface area contributed by atoms with Crippen molar-refractivity contribution in [3.8, 4) is 11.3 Å². The molecular formula is C27H26Cl2FN3O4. The summed E-state index contributed by atoms with van der Waals surface area (Å²) in [4.78, 5) is 17.8. The van der Waals surface area contributed by atoms with Crippen LogP contribution < -0.4 is 4.90 Å². The number of rotatable bonds is 7. The summed E-state index contributed by atoms with van der Waals surface area (Å²) in [5, 5.41) is 5.40. The van der Waals surface area contributed by atoms with Gasteiger partial charge < -0.3 is 18.9 Å². The number of anilines is 1. The van der Waals surface area contributed by atoms with Gasteiger partial charge in [-0.1, -0.05) is 34.4 Å². The Morgan fingerprint density at radius 3 is 2.51 bits per heavy atom. The molecular weight excluding hydrogens is 520 g/mol. The van der Waals surface area contributed by atoms with Gasteiger partial charge in [-0.2, -0.15) is 0 Å². The highest BCUT2D eigenvalue weighted by molar-refractivity contribution is 6.39. The summed E-state index contributed by atoms with van der Waals surface area (Å²) in [5.74, 6) is 1.16. The van der Waals surface area contributed by atoms with Crippen LogP contribution in [0.3, 0.4) is 0 Å². The summed E-state index contributed by atoms with van der Waals surface area (Å²) in [6.07, 6.45) is 5.38. The normalized spacial score (nSPS) is 22.9. The Bertz CT molecular complexity index is 1310. The Morgan fingerprint density at radius 2 is 1.89 bits per heavy atom. The molecule has 3 atom stereocenters. The van der Waals surface area contributed by atoms with E-state index in [-0.39, 0.29) is 17.5 Å². The Balaban J connectivity index is 1.12. The van der Waals surface area contributed by atoms with Crippen LogP contribution in [0.1, 0.15) is 53.3 Å². The average Bonchev–Trinajstić information content (AvgIpc) is 3.35. The summed E-state index contributed by atoms with van der Waals surface area (Å²) in [5.41, 5.74) is 2.35. The summed E-state index contributed by atoms with van der Waals surface area (Å²) in [6.45, 7) is 1.78. The molecule has 1 saturated heterocycles. The van der Waals surface area contributed by atoms with E-state index in [2.05, 4.69) is 14.9 Å². The number of hydrogen-bond donors (Lipinski definition) is 0. The zero-order chi connectivity index (χ0) is 25.7. The first-order chi connectivity index (χ1) is 17.9. The van der Waals surface area contributed by atoms with E-state index in [0.717, 1.165) is 37.0 Å². The number of esters is 1. The monoisotopic (exact) mass is 545 g/mol. The van der Waals surface area contributed by atoms with Gasteiger partial charge in [-0.05, 0) is 55.7 Å². The minimum atomic E-state index is -0.603. The van der Waals surface area contributed by atoms with Gasteiger partial charge in [0.05, 0.1) is 35.4 Å². The van der Waals surface area contributed by atoms with Crippen LogP contribution in [0, 0.1) is 17.7 Å². The summed E-state index contributed by atoms with van der Waals surface area (Å²) in [6, 6.07) is 6.59. The van der Waals surface area contributed by atoms with Crippen molar-refractivity contribution < 1.29 is 23.2 Å². The van der Waals surface area contributed by atoms with Crippen LogP contribution in [0.4, 0.5) is 10.2 Å². The van der Waals surface area contributed by atoms with Crippen LogP contribution in [0.2, 0.25) is 10.0 Å². The lowest BCUT2D eigenvalue weighted by Crippen LogP contribution is -2.25. The van der Waals surface area contributed by atoms with E-state index in [1.54, 1.807) is 12.1 Å². The third kappa shape index (κ3) is 4.71. The molecule has 1 aromatic carbocycles. The highest BCUT2D eigenvalue weighted by Crippen LogP contribution is 2.47. The number of ether oxygens (including phenoxy) is 2. The lowest BCUT2D eigenvalue weighted by Gasteiger charge is -2.21. The first-order valence-corrected chi connectivity index (χ1v) is 13.2. The van der Waals surface area contributed by atoms with Crippen molar-refractivity contribution in [2.75, 3.05) is 25.1 Å². The topological polar surface area (TPSA) is 77.7 Å². The Labute approximate surface area is 223 Å². The molecule has 2 saturated carbocycles. The van der Waals surface area contributed by atoms with E-state index in [1.807, 2.05) is 11.0 Å². The Hall–Kier alpha value is -2.68. The molecule has 10 heteroatoms. The predicted octanol–water partition coefficient (Wildman–Crippen LogP) is 6.28. The quantitative estimate of drug-likeness (QED) is 0.323. The van der Waals surface area contributed by atoms with Crippen molar-refractivity contribution in [2.24, 2.45) is 11.8 Å². The number of pyridine rings is 1. The van der Waals surface area contributed by atoms with Crippen LogP contribution in [0.25, 0.3) is 11.3 Å². The molecule has 7 nitrogen and oxygen atoms in total. The van der Waals surface area contributed by atoms with E-state index in [1.165, 1.54) is 19.4 Å². The third-order valence-electron chi connectivity index (χ3n) is 7.68. The average molecular weight is 546 g/mol. The predicted molar refractivity (Wildman–Crippen MR) is 136 cm³/mol. The molecule has 0 N–H and O–H groups in total. The molecule has 194 valence electrons. The van der Waals surface area contributed by atoms with Gasteiger partial charge in [0.15, 0.2) is 11.6 Å². The third-order valence-corrected chi connectivity index (χ3v) is 8.31. The number of hydrogen-bond acceptors (Lipinski definition) is 7. The van der Waals surface area contributed by atoms with Crippen LogP contribution in [-0.2, 0) is 16.1 Å². The fraction of sp³-hybridized carbons (Fsp3) is 0.444. The first kappa shape index (κ1) is 24.6. The SMILES string of the molecule is COC(=O)c1cnc(N2C[C@H]3CC(OCc4c(-c5c(Cl)cccc5Cl)noc4C4CC4)C[C@H]3C2)c(F)c1. The molecule has 6 rings (SSSR count). The largest absolute Gasteiger partial charge is 0.465 e. The molecule has 3 aromatic rings. The highest BCUT2D eigenvalue weighted by Gasteiger charge is 2.43. The minimum absolute atomic E-state index is 0.0909. The van der Waals surface area contributed by atoms with Gasteiger partial charge in [0, 0.05) is 36.3 Å². The van der Waals surface area contributed by atoms with Crippen LogP contribution in [-0.4, -0.2) is 42.4 Å². The maximum absolute atomic E-state index is 14.7. The zero-order valence-electron chi connectivity index (χ0n) is 20.3. The maximum atomic E-state index is 14.7. The van der Waals surface area contributed by atoms with Gasteiger partial charge in [0.1, 0.15) is 11.5 Å². The fourth-order valence-electron chi connectivity index (χ4n) is 5.70. The second-order valence-electron chi connectivity index (χ2n) is 10.1. The highest BCUT2D eigenvalue weighted by atomic mass is 35.5. The number of benzene rings is 1. The van der Waals surface area contributed by atoms with Crippen molar-refractivity contribution >= 4 is 35.0 Å². The fourth-order valence-corrected chi connectivity index (χ4v) is 6.27. The summed E-state index contributed by atoms with van der Waals surface area (Å²) in [7, 11) is 1.26. The number of fused-ring (bicyclic) bond motifs is 1. The van der Waals surface area contributed by atoms with Crippen LogP contribution >= 0.6 is 23.2 Å². The smallest absolute Gasteiger partial charge is 0.339 e. The van der Waals surface area contributed by atoms with Gasteiger partial charge in [-0.15, -0.1) is 0 Å². The number of carbonyl (C=O) groups excluding carboxylic acids is 1. The van der Waals surface area contributed by atoms with E-state index in [9.17, 15) is 9.18 Å². The molecule has 1 unspecified atom stereocenters. The van der Waals surface area contributed by atoms with Crippen molar-refractivity contribution in [3.05, 3.63) is 63.2 Å². The Morgan fingerprint density at radius 1 is 1.19 bits per heavy atom. The van der Waals surface area contributed by atoms with E-state index in [0.29, 0.717) is 58.8 Å². The van der Waals surface area contributed by atoms with E-state index < -0.39 is 11.8 Å². The van der Waals surface area contributed by atoms with Crippen LogP contribution in [0.15, 0.2) is 35.0 Å². The molecule has 37 heavy (non-hydrogen) atoms. The molecule has 2 aliphatic carbocycles. The van der Waals surface area contributed by atoms with Crippen LogP contribution in [0.5, 0.6) is 0 Å². The molecule has 0 amide bonds. The second kappa shape index (κ2) is 9.89. The number of carbonyl (C=O) groups is 1. The van der Waals surface area contributed by atoms with Gasteiger partial charge >= 0.3 is 5.97 Å². The molecule has 2 aromatic heterocycles. The molecule has 1 aliphatic heterocycles. The molecule has 3 heterocycles. The summed E-state index contributed by atoms with van der Waals surface area (Å²) < 4.78 is 31.5. The van der Waals surface area contributed by atoms with Gasteiger partial charge in [-0.25, -0.2) is 14.2 Å². The number of nitrogens with zero attached hydrogens (tertiary/aromatic N) is 3. The van der Waals surface area contributed by atoms with Gasteiger partial charge in [-0.3, -0.25) is 0 Å². The lowest BCUT2D eigenvalue weighted by molar-refractivity contribution is 0.0402. The van der Waals surface area contributed by atoms with Crippen molar-refractivity contribution in [1.29, 1.82) is 0 Å². The van der Waals surface area contributed by atoms with Crippen molar-refractivity contribution in [3.63, 3.8) is 0 Å². The first-order valence-electron chi connectivity index (χ1n) is 12.5. The number of methoxy groups -OCH3 is 1. The van der Waals surface area contributed by atoms with E-state index >= 15 is 0 Å². The molecule has 3 fully saturated rings. The van der Waals surface area contributed by atoms with Crippen molar-refractivity contribution in [2.45, 2.75) is 44.3 Å². The molecule has 0 radical (unpaired) electrons. The molecule has 0 spiro atoms. The van der Waals surface area contributed by atoms with E-state index in [4.69, 9.17) is 32.5 Å². The zero-order valence-corrected chi connectivity index (χ0v) is 21.8. The number of halogens is 3. The maximum Gasteiger partial charge on any atom is 0.339 e. The molecule has 0 bridgehead atoms. The molecule has 3 aliphatic rings.